The van der Waals surface area contributed by atoms with E-state index in [0.717, 1.165) is 27.8 Å². The maximum Gasteiger partial charge on any atom is 0.123 e. The SMILES string of the molecule is Oc1ccc(-c2ccccc2)cc1-c1cccc(-c2ccccc2)c1. The second-order valence-corrected chi connectivity index (χ2v) is 6.04. The largest absolute Gasteiger partial charge is 0.507 e. The summed E-state index contributed by atoms with van der Waals surface area (Å²) < 4.78 is 0. The Hall–Kier alpha value is -3.32. The van der Waals surface area contributed by atoms with Crippen LogP contribution < -0.4 is 0 Å². The van der Waals surface area contributed by atoms with Crippen LogP contribution in [-0.2, 0) is 0 Å². The molecule has 1 nitrogen and oxygen atoms in total. The fraction of sp³-hybridized carbons (Fsp3) is 0. The highest BCUT2D eigenvalue weighted by atomic mass is 16.3. The summed E-state index contributed by atoms with van der Waals surface area (Å²) in [6, 6.07) is 34.6. The van der Waals surface area contributed by atoms with E-state index in [1.54, 1.807) is 6.07 Å². The molecule has 1 heteroatoms. The number of benzene rings is 4. The van der Waals surface area contributed by atoms with Crippen LogP contribution in [0, 0.1) is 0 Å². The molecule has 0 saturated carbocycles. The van der Waals surface area contributed by atoms with Gasteiger partial charge in [0.15, 0.2) is 0 Å². The zero-order valence-corrected chi connectivity index (χ0v) is 13.8. The predicted octanol–water partition coefficient (Wildman–Crippen LogP) is 6.39. The summed E-state index contributed by atoms with van der Waals surface area (Å²) in [7, 11) is 0. The molecule has 4 aromatic carbocycles. The molecule has 0 aromatic heterocycles. The van der Waals surface area contributed by atoms with Crippen LogP contribution in [0.1, 0.15) is 0 Å². The standard InChI is InChI=1S/C24H18O/c25-24-15-14-21(19-10-5-2-6-11-19)17-23(24)22-13-7-12-20(16-22)18-8-3-1-4-9-18/h1-17,25H. The van der Waals surface area contributed by atoms with Gasteiger partial charge in [0.05, 0.1) is 0 Å². The zero-order chi connectivity index (χ0) is 17.1. The van der Waals surface area contributed by atoms with Crippen LogP contribution in [0.15, 0.2) is 103 Å². The monoisotopic (exact) mass is 322 g/mol. The molecule has 0 aliphatic carbocycles. The lowest BCUT2D eigenvalue weighted by Gasteiger charge is -2.10. The average Bonchev–Trinajstić information content (AvgIpc) is 2.70. The Kier molecular flexibility index (Phi) is 4.05. The van der Waals surface area contributed by atoms with Crippen molar-refractivity contribution in [3.63, 3.8) is 0 Å². The Balaban J connectivity index is 1.80. The van der Waals surface area contributed by atoms with Gasteiger partial charge < -0.3 is 5.11 Å². The van der Waals surface area contributed by atoms with Gasteiger partial charge in [-0.2, -0.15) is 0 Å². The van der Waals surface area contributed by atoms with Crippen molar-refractivity contribution < 1.29 is 5.11 Å². The molecule has 0 bridgehead atoms. The van der Waals surface area contributed by atoms with Gasteiger partial charge in [0.25, 0.3) is 0 Å². The third kappa shape index (κ3) is 3.17. The fourth-order valence-corrected chi connectivity index (χ4v) is 3.07. The molecule has 25 heavy (non-hydrogen) atoms. The van der Waals surface area contributed by atoms with Crippen molar-refractivity contribution >= 4 is 0 Å². The van der Waals surface area contributed by atoms with Crippen molar-refractivity contribution in [3.05, 3.63) is 103 Å². The van der Waals surface area contributed by atoms with Gasteiger partial charge in [-0.05, 0) is 46.0 Å². The van der Waals surface area contributed by atoms with Crippen LogP contribution in [-0.4, -0.2) is 5.11 Å². The summed E-state index contributed by atoms with van der Waals surface area (Å²) in [5.74, 6) is 0.296. The Morgan fingerprint density at radius 2 is 0.920 bits per heavy atom. The van der Waals surface area contributed by atoms with Crippen LogP contribution in [0.2, 0.25) is 0 Å². The van der Waals surface area contributed by atoms with Gasteiger partial charge in [0.2, 0.25) is 0 Å². The molecule has 0 aliphatic heterocycles. The summed E-state index contributed by atoms with van der Waals surface area (Å²) in [6.45, 7) is 0. The van der Waals surface area contributed by atoms with Crippen molar-refractivity contribution in [2.75, 3.05) is 0 Å². The second kappa shape index (κ2) is 6.66. The number of hydrogen-bond donors (Lipinski definition) is 1. The second-order valence-electron chi connectivity index (χ2n) is 6.04. The normalized spacial score (nSPS) is 10.6. The number of phenols is 1. The molecule has 0 aliphatic rings. The molecular weight excluding hydrogens is 304 g/mol. The number of aromatic hydroxyl groups is 1. The van der Waals surface area contributed by atoms with Crippen LogP contribution in [0.4, 0.5) is 0 Å². The molecule has 4 rings (SSSR count). The van der Waals surface area contributed by atoms with E-state index < -0.39 is 0 Å². The molecule has 120 valence electrons. The van der Waals surface area contributed by atoms with Gasteiger partial charge >= 0.3 is 0 Å². The first-order chi connectivity index (χ1) is 12.3. The van der Waals surface area contributed by atoms with E-state index in [1.165, 1.54) is 5.56 Å². The summed E-state index contributed by atoms with van der Waals surface area (Å²) in [5, 5.41) is 10.4. The Bertz CT molecular complexity index is 989. The lowest BCUT2D eigenvalue weighted by molar-refractivity contribution is 0.477. The number of phenolic OH excluding ortho intramolecular Hbond substituents is 1. The average molecular weight is 322 g/mol. The van der Waals surface area contributed by atoms with Gasteiger partial charge in [-0.3, -0.25) is 0 Å². The molecule has 0 spiro atoms. The van der Waals surface area contributed by atoms with E-state index in [1.807, 2.05) is 54.6 Å². The van der Waals surface area contributed by atoms with E-state index in [0.29, 0.717) is 5.75 Å². The minimum atomic E-state index is 0.296. The van der Waals surface area contributed by atoms with Crippen molar-refractivity contribution in [1.29, 1.82) is 0 Å². The molecule has 0 atom stereocenters. The summed E-state index contributed by atoms with van der Waals surface area (Å²) in [4.78, 5) is 0. The molecule has 4 aromatic rings. The van der Waals surface area contributed by atoms with E-state index in [4.69, 9.17) is 0 Å². The number of hydrogen-bond acceptors (Lipinski definition) is 1. The minimum absolute atomic E-state index is 0.296. The molecule has 1 N–H and O–H groups in total. The highest BCUT2D eigenvalue weighted by Crippen LogP contribution is 2.35. The molecular formula is C24H18O. The van der Waals surface area contributed by atoms with Crippen molar-refractivity contribution in [2.24, 2.45) is 0 Å². The molecule has 0 heterocycles. The maximum absolute atomic E-state index is 10.4. The van der Waals surface area contributed by atoms with Gasteiger partial charge in [-0.1, -0.05) is 84.9 Å². The van der Waals surface area contributed by atoms with Crippen molar-refractivity contribution in [2.45, 2.75) is 0 Å². The summed E-state index contributed by atoms with van der Waals surface area (Å²) in [6.07, 6.45) is 0. The van der Waals surface area contributed by atoms with E-state index in [9.17, 15) is 5.11 Å². The first-order valence-corrected chi connectivity index (χ1v) is 8.35. The third-order valence-electron chi connectivity index (χ3n) is 4.38. The molecule has 0 unspecified atom stereocenters. The van der Waals surface area contributed by atoms with Crippen LogP contribution in [0.25, 0.3) is 33.4 Å². The maximum atomic E-state index is 10.4. The summed E-state index contributed by atoms with van der Waals surface area (Å²) >= 11 is 0. The minimum Gasteiger partial charge on any atom is -0.507 e. The van der Waals surface area contributed by atoms with E-state index in [-0.39, 0.29) is 0 Å². The third-order valence-corrected chi connectivity index (χ3v) is 4.38. The molecule has 0 radical (unpaired) electrons. The highest BCUT2D eigenvalue weighted by Gasteiger charge is 2.08. The van der Waals surface area contributed by atoms with Crippen molar-refractivity contribution in [3.8, 4) is 39.1 Å². The van der Waals surface area contributed by atoms with Gasteiger partial charge in [-0.25, -0.2) is 0 Å². The lowest BCUT2D eigenvalue weighted by atomic mass is 9.95. The lowest BCUT2D eigenvalue weighted by Crippen LogP contribution is -1.84. The topological polar surface area (TPSA) is 20.2 Å². The smallest absolute Gasteiger partial charge is 0.123 e. The van der Waals surface area contributed by atoms with Gasteiger partial charge in [0, 0.05) is 5.56 Å². The van der Waals surface area contributed by atoms with E-state index in [2.05, 4.69) is 42.5 Å². The van der Waals surface area contributed by atoms with Gasteiger partial charge in [-0.15, -0.1) is 0 Å². The van der Waals surface area contributed by atoms with Gasteiger partial charge in [0.1, 0.15) is 5.75 Å². The number of rotatable bonds is 3. The quantitative estimate of drug-likeness (QED) is 0.463. The first kappa shape index (κ1) is 15.2. The molecule has 0 saturated heterocycles. The zero-order valence-electron chi connectivity index (χ0n) is 13.8. The highest BCUT2D eigenvalue weighted by molar-refractivity contribution is 5.80. The molecule has 0 fully saturated rings. The van der Waals surface area contributed by atoms with E-state index >= 15 is 0 Å². The summed E-state index contributed by atoms with van der Waals surface area (Å²) in [5.41, 5.74) is 6.41. The Morgan fingerprint density at radius 1 is 0.400 bits per heavy atom. The van der Waals surface area contributed by atoms with Crippen LogP contribution in [0.5, 0.6) is 5.75 Å². The predicted molar refractivity (Wildman–Crippen MR) is 104 cm³/mol. The fourth-order valence-electron chi connectivity index (χ4n) is 3.07. The Labute approximate surface area is 147 Å². The first-order valence-electron chi connectivity index (χ1n) is 8.35. The van der Waals surface area contributed by atoms with Crippen LogP contribution in [0.3, 0.4) is 0 Å². The Morgan fingerprint density at radius 3 is 1.56 bits per heavy atom. The van der Waals surface area contributed by atoms with Crippen molar-refractivity contribution in [1.82, 2.24) is 0 Å². The van der Waals surface area contributed by atoms with Crippen LogP contribution >= 0.6 is 0 Å². The molecule has 0 amide bonds.